The second kappa shape index (κ2) is 5.38. The number of rotatable bonds is 3. The highest BCUT2D eigenvalue weighted by molar-refractivity contribution is 5.78. The van der Waals surface area contributed by atoms with Crippen LogP contribution in [0.1, 0.15) is 40.0 Å². The molecule has 0 aromatic rings. The maximum absolute atomic E-state index is 11.9. The van der Waals surface area contributed by atoms with Gasteiger partial charge in [0.15, 0.2) is 0 Å². The van der Waals surface area contributed by atoms with Crippen molar-refractivity contribution in [3.63, 3.8) is 0 Å². The van der Waals surface area contributed by atoms with Crippen LogP contribution in [-0.4, -0.2) is 47.9 Å². The lowest BCUT2D eigenvalue weighted by Gasteiger charge is -2.43. The van der Waals surface area contributed by atoms with E-state index in [4.69, 9.17) is 0 Å². The van der Waals surface area contributed by atoms with Crippen LogP contribution in [0.4, 0.5) is 0 Å². The van der Waals surface area contributed by atoms with Crippen molar-refractivity contribution in [3.8, 4) is 0 Å². The van der Waals surface area contributed by atoms with Gasteiger partial charge in [-0.2, -0.15) is 0 Å². The molecular formula is C14H26N2O. The van der Waals surface area contributed by atoms with Crippen LogP contribution in [0.25, 0.3) is 0 Å². The van der Waals surface area contributed by atoms with Crippen molar-refractivity contribution in [2.45, 2.75) is 46.1 Å². The van der Waals surface area contributed by atoms with E-state index < -0.39 is 0 Å². The summed E-state index contributed by atoms with van der Waals surface area (Å²) in [6.07, 6.45) is 4.25. The van der Waals surface area contributed by atoms with E-state index in [9.17, 15) is 4.79 Å². The quantitative estimate of drug-likeness (QED) is 0.750. The molecule has 0 radical (unpaired) electrons. The predicted molar refractivity (Wildman–Crippen MR) is 69.8 cm³/mol. The molecule has 2 fully saturated rings. The molecule has 0 aromatic carbocycles. The first-order chi connectivity index (χ1) is 8.08. The van der Waals surface area contributed by atoms with Gasteiger partial charge in [-0.3, -0.25) is 9.69 Å². The number of carbonyl (C=O) groups excluding carboxylic acids is 1. The highest BCUT2D eigenvalue weighted by atomic mass is 16.2. The van der Waals surface area contributed by atoms with E-state index in [-0.39, 0.29) is 5.92 Å². The molecule has 2 rings (SSSR count). The minimum absolute atomic E-state index is 0.139. The molecule has 1 saturated carbocycles. The summed E-state index contributed by atoms with van der Waals surface area (Å²) >= 11 is 0. The Morgan fingerprint density at radius 2 is 2.00 bits per heavy atom. The average Bonchev–Trinajstić information content (AvgIpc) is 2.23. The standard InChI is InChI=1S/C14H26N2O/c1-11(2)14(17)16-8-7-15(12(3)9-16)10-13-5-4-6-13/h11-13H,4-10H2,1-3H3. The molecule has 17 heavy (non-hydrogen) atoms. The fourth-order valence-electron chi connectivity index (χ4n) is 2.84. The molecule has 0 N–H and O–H groups in total. The lowest BCUT2D eigenvalue weighted by atomic mass is 9.84. The van der Waals surface area contributed by atoms with Gasteiger partial charge in [0, 0.05) is 38.1 Å². The lowest BCUT2D eigenvalue weighted by molar-refractivity contribution is -0.137. The first kappa shape index (κ1) is 12.9. The zero-order valence-corrected chi connectivity index (χ0v) is 11.5. The monoisotopic (exact) mass is 238 g/mol. The van der Waals surface area contributed by atoms with Crippen molar-refractivity contribution < 1.29 is 4.79 Å². The fourth-order valence-corrected chi connectivity index (χ4v) is 2.84. The molecule has 1 heterocycles. The SMILES string of the molecule is CC(C)C(=O)N1CCN(CC2CCC2)C(C)C1. The van der Waals surface area contributed by atoms with Crippen molar-refractivity contribution in [3.05, 3.63) is 0 Å². The fraction of sp³-hybridized carbons (Fsp3) is 0.929. The number of hydrogen-bond acceptors (Lipinski definition) is 2. The molecule has 1 aliphatic heterocycles. The summed E-state index contributed by atoms with van der Waals surface area (Å²) in [5.74, 6) is 1.39. The van der Waals surface area contributed by atoms with Gasteiger partial charge < -0.3 is 4.90 Å². The number of nitrogens with zero attached hydrogens (tertiary/aromatic N) is 2. The van der Waals surface area contributed by atoms with Crippen LogP contribution in [0.2, 0.25) is 0 Å². The molecular weight excluding hydrogens is 212 g/mol. The van der Waals surface area contributed by atoms with Crippen molar-refractivity contribution in [2.24, 2.45) is 11.8 Å². The Kier molecular flexibility index (Phi) is 4.08. The van der Waals surface area contributed by atoms with Gasteiger partial charge in [-0.25, -0.2) is 0 Å². The highest BCUT2D eigenvalue weighted by Gasteiger charge is 2.30. The highest BCUT2D eigenvalue weighted by Crippen LogP contribution is 2.28. The molecule has 1 amide bonds. The molecule has 1 saturated heterocycles. The summed E-state index contributed by atoms with van der Waals surface area (Å²) in [5, 5.41) is 0. The Balaban J connectivity index is 1.81. The maximum atomic E-state index is 11.9. The third kappa shape index (κ3) is 3.01. The Morgan fingerprint density at radius 1 is 1.29 bits per heavy atom. The van der Waals surface area contributed by atoms with E-state index in [1.165, 1.54) is 25.8 Å². The van der Waals surface area contributed by atoms with E-state index in [1.807, 2.05) is 18.7 Å². The van der Waals surface area contributed by atoms with Gasteiger partial charge >= 0.3 is 0 Å². The van der Waals surface area contributed by atoms with Crippen molar-refractivity contribution in [1.29, 1.82) is 0 Å². The Bertz CT molecular complexity index is 273. The van der Waals surface area contributed by atoms with Crippen LogP contribution in [0.3, 0.4) is 0 Å². The van der Waals surface area contributed by atoms with Crippen LogP contribution in [-0.2, 0) is 4.79 Å². The molecule has 0 spiro atoms. The van der Waals surface area contributed by atoms with Crippen molar-refractivity contribution in [1.82, 2.24) is 9.80 Å². The van der Waals surface area contributed by atoms with Gasteiger partial charge in [0.1, 0.15) is 0 Å². The second-order valence-corrected chi connectivity index (χ2v) is 6.08. The summed E-state index contributed by atoms with van der Waals surface area (Å²) < 4.78 is 0. The van der Waals surface area contributed by atoms with Gasteiger partial charge in [-0.15, -0.1) is 0 Å². The van der Waals surface area contributed by atoms with Crippen LogP contribution >= 0.6 is 0 Å². The molecule has 98 valence electrons. The van der Waals surface area contributed by atoms with E-state index in [0.717, 1.165) is 25.6 Å². The summed E-state index contributed by atoms with van der Waals surface area (Å²) in [5.41, 5.74) is 0. The minimum atomic E-state index is 0.139. The Morgan fingerprint density at radius 3 is 2.47 bits per heavy atom. The normalized spacial score (nSPS) is 27.3. The predicted octanol–water partition coefficient (Wildman–Crippen LogP) is 1.98. The van der Waals surface area contributed by atoms with Crippen LogP contribution in [0, 0.1) is 11.8 Å². The van der Waals surface area contributed by atoms with Crippen molar-refractivity contribution in [2.75, 3.05) is 26.2 Å². The number of carbonyl (C=O) groups is 1. The molecule has 0 bridgehead atoms. The first-order valence-corrected chi connectivity index (χ1v) is 7.10. The minimum Gasteiger partial charge on any atom is -0.340 e. The number of piperazine rings is 1. The van der Waals surface area contributed by atoms with E-state index >= 15 is 0 Å². The van der Waals surface area contributed by atoms with Crippen molar-refractivity contribution >= 4 is 5.91 Å². The zero-order valence-electron chi connectivity index (χ0n) is 11.5. The lowest BCUT2D eigenvalue weighted by Crippen LogP contribution is -2.55. The topological polar surface area (TPSA) is 23.6 Å². The van der Waals surface area contributed by atoms with E-state index in [0.29, 0.717) is 11.9 Å². The molecule has 1 unspecified atom stereocenters. The zero-order chi connectivity index (χ0) is 12.4. The average molecular weight is 238 g/mol. The largest absolute Gasteiger partial charge is 0.340 e. The smallest absolute Gasteiger partial charge is 0.225 e. The van der Waals surface area contributed by atoms with Crippen LogP contribution in [0.5, 0.6) is 0 Å². The molecule has 3 heteroatoms. The first-order valence-electron chi connectivity index (χ1n) is 7.10. The molecule has 1 atom stereocenters. The summed E-state index contributed by atoms with van der Waals surface area (Å²) in [4.78, 5) is 16.6. The van der Waals surface area contributed by atoms with Gasteiger partial charge in [0.25, 0.3) is 0 Å². The second-order valence-electron chi connectivity index (χ2n) is 6.08. The number of amides is 1. The van der Waals surface area contributed by atoms with Crippen LogP contribution < -0.4 is 0 Å². The summed E-state index contributed by atoms with van der Waals surface area (Å²) in [6.45, 7) is 10.4. The molecule has 1 aliphatic carbocycles. The summed E-state index contributed by atoms with van der Waals surface area (Å²) in [6, 6.07) is 0.534. The Hall–Kier alpha value is -0.570. The Labute approximate surface area is 105 Å². The van der Waals surface area contributed by atoms with Gasteiger partial charge in [0.2, 0.25) is 5.91 Å². The third-order valence-corrected chi connectivity index (χ3v) is 4.29. The van der Waals surface area contributed by atoms with Gasteiger partial charge in [0.05, 0.1) is 0 Å². The molecule has 2 aliphatic rings. The van der Waals surface area contributed by atoms with E-state index in [1.54, 1.807) is 0 Å². The molecule has 0 aromatic heterocycles. The third-order valence-electron chi connectivity index (χ3n) is 4.29. The van der Waals surface area contributed by atoms with E-state index in [2.05, 4.69) is 11.8 Å². The van der Waals surface area contributed by atoms with Gasteiger partial charge in [-0.1, -0.05) is 20.3 Å². The number of hydrogen-bond donors (Lipinski definition) is 0. The van der Waals surface area contributed by atoms with Crippen LogP contribution in [0.15, 0.2) is 0 Å². The van der Waals surface area contributed by atoms with Gasteiger partial charge in [-0.05, 0) is 25.7 Å². The molecule has 3 nitrogen and oxygen atoms in total. The maximum Gasteiger partial charge on any atom is 0.225 e. The summed E-state index contributed by atoms with van der Waals surface area (Å²) in [7, 11) is 0.